The second-order valence-corrected chi connectivity index (χ2v) is 3.28. The highest BCUT2D eigenvalue weighted by Gasteiger charge is 2.28. The number of amides is 1. The molecule has 0 aromatic rings. The van der Waals surface area contributed by atoms with Crippen LogP contribution in [-0.2, 0) is 4.79 Å². The van der Waals surface area contributed by atoms with Crippen LogP contribution in [0.2, 0.25) is 0 Å². The second-order valence-electron chi connectivity index (χ2n) is 3.28. The Morgan fingerprint density at radius 3 is 1.82 bits per heavy atom. The monoisotopic (exact) mass is 159 g/mol. The molecule has 0 aromatic carbocycles. The van der Waals surface area contributed by atoms with Crippen LogP contribution in [0.5, 0.6) is 0 Å². The first-order valence-corrected chi connectivity index (χ1v) is 3.53. The molecular formula is C7H17N3O. The Bertz CT molecular complexity index is 154. The molecule has 0 spiro atoms. The second kappa shape index (κ2) is 3.19. The highest BCUT2D eigenvalue weighted by Crippen LogP contribution is 2.12. The molecule has 1 amide bonds. The zero-order valence-electron chi connectivity index (χ0n) is 7.88. The van der Waals surface area contributed by atoms with Crippen LogP contribution >= 0.6 is 0 Å². The quantitative estimate of drug-likeness (QED) is 0.267. The number of carbonyl (C=O) groups excluding carboxylic acids is 1. The van der Waals surface area contributed by atoms with Crippen LogP contribution in [0.25, 0.3) is 0 Å². The summed E-state index contributed by atoms with van der Waals surface area (Å²) in [5, 5.41) is 1.22. The maximum Gasteiger partial charge on any atom is 0.235 e. The summed E-state index contributed by atoms with van der Waals surface area (Å²) in [7, 11) is 3.76. The Kier molecular flexibility index (Phi) is 3.02. The predicted octanol–water partition coefficient (Wildman–Crippen LogP) is 0.00630. The number of nitrogens with zero attached hydrogens (tertiary/aromatic N) is 2. The van der Waals surface area contributed by atoms with Gasteiger partial charge in [0.25, 0.3) is 0 Å². The fourth-order valence-corrected chi connectivity index (χ4v) is 0.601. The molecular weight excluding hydrogens is 142 g/mol. The van der Waals surface area contributed by atoms with Gasteiger partial charge in [-0.05, 0) is 27.9 Å². The van der Waals surface area contributed by atoms with Crippen molar-refractivity contribution in [2.45, 2.75) is 26.4 Å². The van der Waals surface area contributed by atoms with E-state index in [2.05, 4.69) is 0 Å². The zero-order chi connectivity index (χ0) is 9.23. The average Bonchev–Trinajstić information content (AvgIpc) is 1.85. The lowest BCUT2D eigenvalue weighted by Gasteiger charge is -2.39. The van der Waals surface area contributed by atoms with Gasteiger partial charge in [0.2, 0.25) is 5.91 Å². The fraction of sp³-hybridized carbons (Fsp3) is 0.857. The third-order valence-electron chi connectivity index (χ3n) is 2.02. The molecule has 0 saturated carbocycles. The average molecular weight is 159 g/mol. The van der Waals surface area contributed by atoms with Gasteiger partial charge in [0, 0.05) is 6.92 Å². The molecule has 0 aliphatic rings. The molecule has 0 aromatic heterocycles. The van der Waals surface area contributed by atoms with Crippen molar-refractivity contribution in [1.29, 1.82) is 0 Å². The molecule has 0 radical (unpaired) electrons. The van der Waals surface area contributed by atoms with Crippen molar-refractivity contribution in [1.82, 2.24) is 9.91 Å². The molecule has 66 valence electrons. The van der Waals surface area contributed by atoms with Crippen LogP contribution in [0, 0.1) is 0 Å². The van der Waals surface area contributed by atoms with E-state index in [1.165, 1.54) is 11.9 Å². The fourth-order valence-electron chi connectivity index (χ4n) is 0.601. The number of rotatable bonds is 2. The SMILES string of the molecule is CC(=O)N(N)C(C)(C)N(C)C. The van der Waals surface area contributed by atoms with E-state index in [0.29, 0.717) is 0 Å². The number of hydrazine groups is 1. The van der Waals surface area contributed by atoms with Gasteiger partial charge in [-0.2, -0.15) is 0 Å². The van der Waals surface area contributed by atoms with E-state index in [9.17, 15) is 4.79 Å². The molecule has 0 unspecified atom stereocenters. The van der Waals surface area contributed by atoms with Gasteiger partial charge >= 0.3 is 0 Å². The summed E-state index contributed by atoms with van der Waals surface area (Å²) < 4.78 is 0. The molecule has 0 atom stereocenters. The standard InChI is InChI=1S/C7H17N3O/c1-6(11)10(8)7(2,3)9(4)5/h8H2,1-5H3. The Morgan fingerprint density at radius 1 is 1.36 bits per heavy atom. The lowest BCUT2D eigenvalue weighted by molar-refractivity contribution is -0.140. The first-order chi connectivity index (χ1) is 4.80. The van der Waals surface area contributed by atoms with Crippen LogP contribution in [-0.4, -0.2) is 35.6 Å². The minimum atomic E-state index is -0.425. The summed E-state index contributed by atoms with van der Waals surface area (Å²) in [6.45, 7) is 5.22. The van der Waals surface area contributed by atoms with Crippen LogP contribution in [0.15, 0.2) is 0 Å². The van der Waals surface area contributed by atoms with Crippen LogP contribution in [0.1, 0.15) is 20.8 Å². The maximum atomic E-state index is 10.9. The molecule has 0 aliphatic carbocycles. The summed E-state index contributed by atoms with van der Waals surface area (Å²) in [5.74, 6) is 5.40. The topological polar surface area (TPSA) is 49.6 Å². The smallest absolute Gasteiger partial charge is 0.235 e. The lowest BCUT2D eigenvalue weighted by Crippen LogP contribution is -2.59. The van der Waals surface area contributed by atoms with Gasteiger partial charge in [-0.15, -0.1) is 0 Å². The molecule has 0 saturated heterocycles. The number of hydrogen-bond donors (Lipinski definition) is 1. The van der Waals surface area contributed by atoms with E-state index in [0.717, 1.165) is 0 Å². The summed E-state index contributed by atoms with van der Waals surface area (Å²) in [6.07, 6.45) is 0. The molecule has 0 fully saturated rings. The van der Waals surface area contributed by atoms with Gasteiger partial charge < -0.3 is 0 Å². The number of nitrogens with two attached hydrogens (primary N) is 1. The Balaban J connectivity index is 4.41. The Morgan fingerprint density at radius 2 is 1.73 bits per heavy atom. The predicted molar refractivity (Wildman–Crippen MR) is 44.5 cm³/mol. The van der Waals surface area contributed by atoms with Crippen LogP contribution < -0.4 is 5.84 Å². The molecule has 4 heteroatoms. The van der Waals surface area contributed by atoms with Gasteiger partial charge in [-0.1, -0.05) is 0 Å². The third-order valence-corrected chi connectivity index (χ3v) is 2.02. The van der Waals surface area contributed by atoms with Crippen molar-refractivity contribution in [3.8, 4) is 0 Å². The van der Waals surface area contributed by atoms with Crippen molar-refractivity contribution in [2.24, 2.45) is 5.84 Å². The van der Waals surface area contributed by atoms with Crippen molar-refractivity contribution in [3.05, 3.63) is 0 Å². The highest BCUT2D eigenvalue weighted by molar-refractivity contribution is 5.73. The van der Waals surface area contributed by atoms with Gasteiger partial charge in [0.1, 0.15) is 5.66 Å². The first-order valence-electron chi connectivity index (χ1n) is 3.53. The van der Waals surface area contributed by atoms with Crippen molar-refractivity contribution in [3.63, 3.8) is 0 Å². The lowest BCUT2D eigenvalue weighted by atomic mass is 10.2. The number of carbonyl (C=O) groups is 1. The Hall–Kier alpha value is -0.610. The summed E-state index contributed by atoms with van der Waals surface area (Å²) in [4.78, 5) is 12.8. The van der Waals surface area contributed by atoms with Crippen LogP contribution in [0.3, 0.4) is 0 Å². The highest BCUT2D eigenvalue weighted by atomic mass is 16.2. The molecule has 11 heavy (non-hydrogen) atoms. The van der Waals surface area contributed by atoms with Gasteiger partial charge in [0.15, 0.2) is 0 Å². The van der Waals surface area contributed by atoms with E-state index in [1.807, 2.05) is 32.8 Å². The molecule has 0 heterocycles. The largest absolute Gasteiger partial charge is 0.286 e. The zero-order valence-corrected chi connectivity index (χ0v) is 7.88. The summed E-state index contributed by atoms with van der Waals surface area (Å²) in [6, 6.07) is 0. The van der Waals surface area contributed by atoms with Crippen molar-refractivity contribution in [2.75, 3.05) is 14.1 Å². The molecule has 0 aliphatic heterocycles. The molecule has 0 rings (SSSR count). The minimum Gasteiger partial charge on any atom is -0.286 e. The summed E-state index contributed by atoms with van der Waals surface area (Å²) in [5.41, 5.74) is -0.425. The van der Waals surface area contributed by atoms with E-state index in [-0.39, 0.29) is 5.91 Å². The summed E-state index contributed by atoms with van der Waals surface area (Å²) >= 11 is 0. The van der Waals surface area contributed by atoms with Crippen LogP contribution in [0.4, 0.5) is 0 Å². The minimum absolute atomic E-state index is 0.135. The van der Waals surface area contributed by atoms with E-state index >= 15 is 0 Å². The normalized spacial score (nSPS) is 11.9. The first kappa shape index (κ1) is 10.4. The van der Waals surface area contributed by atoms with E-state index in [1.54, 1.807) is 0 Å². The van der Waals surface area contributed by atoms with E-state index in [4.69, 9.17) is 5.84 Å². The number of hydrogen-bond acceptors (Lipinski definition) is 3. The van der Waals surface area contributed by atoms with Gasteiger partial charge in [-0.3, -0.25) is 14.7 Å². The molecule has 0 bridgehead atoms. The van der Waals surface area contributed by atoms with Crippen molar-refractivity contribution < 1.29 is 4.79 Å². The van der Waals surface area contributed by atoms with Gasteiger partial charge in [-0.25, -0.2) is 5.84 Å². The van der Waals surface area contributed by atoms with Crippen molar-refractivity contribution >= 4 is 5.91 Å². The Labute approximate surface area is 67.9 Å². The maximum absolute atomic E-state index is 10.9. The third kappa shape index (κ3) is 2.17. The molecule has 4 nitrogen and oxygen atoms in total. The molecule has 2 N–H and O–H groups in total. The van der Waals surface area contributed by atoms with Gasteiger partial charge in [0.05, 0.1) is 0 Å². The van der Waals surface area contributed by atoms with E-state index < -0.39 is 5.66 Å².